The number of rotatable bonds is 3. The van der Waals surface area contributed by atoms with Crippen LogP contribution < -0.4 is 9.47 Å². The summed E-state index contributed by atoms with van der Waals surface area (Å²) in [6.45, 7) is 0.113. The topological polar surface area (TPSA) is 76.4 Å². The summed E-state index contributed by atoms with van der Waals surface area (Å²) in [5, 5.41) is 9.30. The number of benzene rings is 2. The Morgan fingerprint density at radius 2 is 1.83 bits per heavy atom. The predicted octanol–water partition coefficient (Wildman–Crippen LogP) is 3.52. The predicted molar refractivity (Wildman–Crippen MR) is 87.5 cm³/mol. The van der Waals surface area contributed by atoms with Crippen molar-refractivity contribution in [2.24, 2.45) is 0 Å². The Hall–Kier alpha value is -2.30. The Labute approximate surface area is 141 Å². The van der Waals surface area contributed by atoms with Crippen molar-refractivity contribution in [2.45, 2.75) is 4.90 Å². The Kier molecular flexibility index (Phi) is 4.11. The van der Waals surface area contributed by atoms with E-state index in [1.807, 2.05) is 0 Å². The Balaban J connectivity index is 2.09. The highest BCUT2D eigenvalue weighted by molar-refractivity contribution is 9.10. The summed E-state index contributed by atoms with van der Waals surface area (Å²) < 4.78 is 36.2. The first kappa shape index (κ1) is 15.6. The van der Waals surface area contributed by atoms with Gasteiger partial charge in [-0.25, -0.2) is 8.42 Å². The summed E-state index contributed by atoms with van der Waals surface area (Å²) in [5.74, 6) is 1.08. The fourth-order valence-corrected chi connectivity index (χ4v) is 3.69. The minimum Gasteiger partial charge on any atom is -0.454 e. The van der Waals surface area contributed by atoms with Crippen LogP contribution in [0.15, 0.2) is 56.7 Å². The third-order valence-corrected chi connectivity index (χ3v) is 5.60. The number of hydrogen-bond acceptors (Lipinski definition) is 5. The van der Waals surface area contributed by atoms with Gasteiger partial charge in [0.15, 0.2) is 11.5 Å². The van der Waals surface area contributed by atoms with Crippen LogP contribution in [0.25, 0.3) is 6.08 Å². The largest absolute Gasteiger partial charge is 0.454 e. The maximum absolute atomic E-state index is 12.6. The van der Waals surface area contributed by atoms with E-state index >= 15 is 0 Å². The molecule has 1 heterocycles. The molecule has 1 aliphatic rings. The van der Waals surface area contributed by atoms with Crippen molar-refractivity contribution in [1.82, 2.24) is 0 Å². The van der Waals surface area contributed by atoms with E-state index in [9.17, 15) is 13.7 Å². The second-order valence-electron chi connectivity index (χ2n) is 4.66. The molecular weight excluding hydrogens is 382 g/mol. The van der Waals surface area contributed by atoms with Gasteiger partial charge in [-0.05, 0) is 35.9 Å². The van der Waals surface area contributed by atoms with Gasteiger partial charge in [-0.3, -0.25) is 0 Å². The molecule has 0 saturated heterocycles. The molecule has 7 heteroatoms. The first-order valence-electron chi connectivity index (χ1n) is 6.53. The first-order valence-corrected chi connectivity index (χ1v) is 8.81. The molecule has 0 spiro atoms. The Morgan fingerprint density at radius 1 is 1.17 bits per heavy atom. The molecule has 2 aromatic carbocycles. The van der Waals surface area contributed by atoms with Crippen molar-refractivity contribution in [2.75, 3.05) is 6.79 Å². The fraction of sp³-hybridized carbons (Fsp3) is 0.0625. The first-order chi connectivity index (χ1) is 11.0. The molecule has 0 N–H and O–H groups in total. The van der Waals surface area contributed by atoms with E-state index in [0.717, 1.165) is 0 Å². The summed E-state index contributed by atoms with van der Waals surface area (Å²) in [6, 6.07) is 12.9. The number of allylic oxidation sites excluding steroid dienone is 1. The van der Waals surface area contributed by atoms with Crippen LogP contribution in [0.2, 0.25) is 0 Å². The van der Waals surface area contributed by atoms with Crippen LogP contribution in [-0.4, -0.2) is 15.2 Å². The molecule has 0 aromatic heterocycles. The highest BCUT2D eigenvalue weighted by Gasteiger charge is 2.22. The molecule has 2 aromatic rings. The molecule has 0 fully saturated rings. The number of ether oxygens (including phenoxy) is 2. The van der Waals surface area contributed by atoms with Crippen molar-refractivity contribution in [1.29, 1.82) is 5.26 Å². The van der Waals surface area contributed by atoms with Gasteiger partial charge in [-0.15, -0.1) is 0 Å². The van der Waals surface area contributed by atoms with E-state index in [2.05, 4.69) is 15.9 Å². The minimum absolute atomic E-state index is 0.0738. The quantitative estimate of drug-likeness (QED) is 0.748. The van der Waals surface area contributed by atoms with Crippen LogP contribution in [-0.2, 0) is 9.84 Å². The molecule has 0 atom stereocenters. The third-order valence-electron chi connectivity index (χ3n) is 3.23. The number of halogens is 1. The highest BCUT2D eigenvalue weighted by Crippen LogP contribution is 2.38. The molecule has 0 unspecified atom stereocenters. The fourth-order valence-electron chi connectivity index (χ4n) is 2.08. The zero-order valence-corrected chi connectivity index (χ0v) is 14.1. The molecule has 0 aliphatic carbocycles. The van der Waals surface area contributed by atoms with Gasteiger partial charge in [0.2, 0.25) is 16.6 Å². The summed E-state index contributed by atoms with van der Waals surface area (Å²) in [4.78, 5) is -0.270. The number of nitriles is 1. The normalized spacial score (nSPS) is 13.7. The molecule has 116 valence electrons. The molecule has 3 rings (SSSR count). The van der Waals surface area contributed by atoms with Crippen molar-refractivity contribution in [3.05, 3.63) is 57.4 Å². The van der Waals surface area contributed by atoms with E-state index in [-0.39, 0.29) is 16.6 Å². The van der Waals surface area contributed by atoms with Gasteiger partial charge in [0, 0.05) is 4.47 Å². The summed E-state index contributed by atoms with van der Waals surface area (Å²) in [6.07, 6.45) is 1.31. The van der Waals surface area contributed by atoms with Gasteiger partial charge in [0.05, 0.1) is 4.90 Å². The highest BCUT2D eigenvalue weighted by atomic mass is 79.9. The molecule has 1 aliphatic heterocycles. The summed E-state index contributed by atoms with van der Waals surface area (Å²) in [7, 11) is -3.87. The SMILES string of the molecule is N#CC(=Cc1cc2c(cc1Br)OCO2)S(=O)(=O)c1ccccc1. The van der Waals surface area contributed by atoms with Gasteiger partial charge in [-0.2, -0.15) is 5.26 Å². The Morgan fingerprint density at radius 3 is 2.48 bits per heavy atom. The lowest BCUT2D eigenvalue weighted by atomic mass is 10.2. The summed E-state index contributed by atoms with van der Waals surface area (Å²) in [5.41, 5.74) is 0.519. The van der Waals surface area contributed by atoms with Crippen LogP contribution in [0.5, 0.6) is 11.5 Å². The van der Waals surface area contributed by atoms with Crippen molar-refractivity contribution >= 4 is 31.8 Å². The van der Waals surface area contributed by atoms with Crippen LogP contribution in [0.1, 0.15) is 5.56 Å². The van der Waals surface area contributed by atoms with E-state index in [1.54, 1.807) is 36.4 Å². The van der Waals surface area contributed by atoms with Gasteiger partial charge in [-0.1, -0.05) is 34.1 Å². The van der Waals surface area contributed by atoms with Gasteiger partial charge in [0.1, 0.15) is 11.0 Å². The van der Waals surface area contributed by atoms with Crippen LogP contribution in [0.4, 0.5) is 0 Å². The standard InChI is InChI=1S/C16H10BrNO4S/c17-14-8-16-15(21-10-22-16)7-11(14)6-13(9-18)23(19,20)12-4-2-1-3-5-12/h1-8H,10H2. The molecule has 0 saturated carbocycles. The molecule has 5 nitrogen and oxygen atoms in total. The average Bonchev–Trinajstić information content (AvgIpc) is 3.00. The number of hydrogen-bond donors (Lipinski definition) is 0. The number of nitrogens with zero attached hydrogens (tertiary/aromatic N) is 1. The van der Waals surface area contributed by atoms with Gasteiger partial charge < -0.3 is 9.47 Å². The minimum atomic E-state index is -3.87. The van der Waals surface area contributed by atoms with Crippen molar-refractivity contribution in [3.8, 4) is 17.6 Å². The molecule has 0 amide bonds. The van der Waals surface area contributed by atoms with Gasteiger partial charge in [0.25, 0.3) is 0 Å². The number of sulfone groups is 1. The van der Waals surface area contributed by atoms with Crippen molar-refractivity contribution in [3.63, 3.8) is 0 Å². The van der Waals surface area contributed by atoms with Crippen LogP contribution in [0.3, 0.4) is 0 Å². The average molecular weight is 392 g/mol. The third kappa shape index (κ3) is 2.96. The summed E-state index contributed by atoms with van der Waals surface area (Å²) >= 11 is 3.35. The van der Waals surface area contributed by atoms with Crippen molar-refractivity contribution < 1.29 is 17.9 Å². The van der Waals surface area contributed by atoms with E-state index in [4.69, 9.17) is 9.47 Å². The van der Waals surface area contributed by atoms with Crippen LogP contribution >= 0.6 is 15.9 Å². The number of fused-ring (bicyclic) bond motifs is 1. The zero-order valence-electron chi connectivity index (χ0n) is 11.7. The molecule has 0 radical (unpaired) electrons. The zero-order chi connectivity index (χ0) is 16.4. The van der Waals surface area contributed by atoms with E-state index in [0.29, 0.717) is 21.5 Å². The van der Waals surface area contributed by atoms with E-state index in [1.165, 1.54) is 18.2 Å². The maximum atomic E-state index is 12.6. The lowest BCUT2D eigenvalue weighted by molar-refractivity contribution is 0.174. The van der Waals surface area contributed by atoms with Gasteiger partial charge >= 0.3 is 0 Å². The Bertz CT molecular complexity index is 931. The maximum Gasteiger partial charge on any atom is 0.231 e. The second-order valence-corrected chi connectivity index (χ2v) is 7.44. The lowest BCUT2D eigenvalue weighted by Crippen LogP contribution is -2.03. The lowest BCUT2D eigenvalue weighted by Gasteiger charge is -2.05. The monoisotopic (exact) mass is 391 g/mol. The van der Waals surface area contributed by atoms with E-state index < -0.39 is 9.84 Å². The molecule has 0 bridgehead atoms. The second kappa shape index (κ2) is 6.07. The van der Waals surface area contributed by atoms with Crippen LogP contribution in [0, 0.1) is 11.3 Å². The molecular formula is C16H10BrNO4S. The smallest absolute Gasteiger partial charge is 0.231 e. The molecule has 23 heavy (non-hydrogen) atoms.